The summed E-state index contributed by atoms with van der Waals surface area (Å²) in [6, 6.07) is 12.0. The zero-order chi connectivity index (χ0) is 16.4. The third-order valence-corrected chi connectivity index (χ3v) is 4.71. The van der Waals surface area contributed by atoms with Crippen molar-refractivity contribution < 1.29 is 4.79 Å². The molecule has 0 saturated carbocycles. The monoisotopic (exact) mass is 323 g/mol. The van der Waals surface area contributed by atoms with Crippen LogP contribution in [0.25, 0.3) is 0 Å². The molecule has 0 bridgehead atoms. The van der Waals surface area contributed by atoms with Gasteiger partial charge in [-0.15, -0.1) is 0 Å². The van der Waals surface area contributed by atoms with E-state index in [4.69, 9.17) is 0 Å². The molecular formula is C18H21N5O. The molecule has 1 unspecified atom stereocenters. The van der Waals surface area contributed by atoms with E-state index >= 15 is 0 Å². The number of anilines is 2. The number of hydrazine groups is 1. The van der Waals surface area contributed by atoms with Gasteiger partial charge in [0.15, 0.2) is 0 Å². The predicted molar refractivity (Wildman–Crippen MR) is 93.8 cm³/mol. The maximum Gasteiger partial charge on any atom is 0.249 e. The van der Waals surface area contributed by atoms with E-state index in [1.54, 1.807) is 12.4 Å². The SMILES string of the molecule is O=C1C(Nc2cccnc2)CCN1c1ccc(C2CNNC2)cc1. The lowest BCUT2D eigenvalue weighted by Gasteiger charge is -2.18. The molecule has 2 aliphatic rings. The first-order chi connectivity index (χ1) is 11.8. The van der Waals surface area contributed by atoms with Crippen LogP contribution in [0.4, 0.5) is 11.4 Å². The van der Waals surface area contributed by atoms with Crippen molar-refractivity contribution in [2.45, 2.75) is 18.4 Å². The quantitative estimate of drug-likeness (QED) is 0.795. The van der Waals surface area contributed by atoms with E-state index in [1.165, 1.54) is 5.56 Å². The van der Waals surface area contributed by atoms with E-state index in [0.717, 1.165) is 37.4 Å². The van der Waals surface area contributed by atoms with Gasteiger partial charge >= 0.3 is 0 Å². The molecule has 3 heterocycles. The summed E-state index contributed by atoms with van der Waals surface area (Å²) in [6.45, 7) is 2.63. The van der Waals surface area contributed by atoms with Crippen LogP contribution in [-0.4, -0.2) is 36.6 Å². The number of carbonyl (C=O) groups is 1. The number of carbonyl (C=O) groups excluding carboxylic acids is 1. The van der Waals surface area contributed by atoms with Crippen LogP contribution in [0.3, 0.4) is 0 Å². The van der Waals surface area contributed by atoms with Crippen LogP contribution < -0.4 is 21.1 Å². The van der Waals surface area contributed by atoms with Gasteiger partial charge in [0.25, 0.3) is 0 Å². The van der Waals surface area contributed by atoms with Gasteiger partial charge in [0.05, 0.1) is 5.69 Å². The highest BCUT2D eigenvalue weighted by Crippen LogP contribution is 2.26. The lowest BCUT2D eigenvalue weighted by molar-refractivity contribution is -0.117. The van der Waals surface area contributed by atoms with Crippen LogP contribution in [0, 0.1) is 0 Å². The van der Waals surface area contributed by atoms with Crippen LogP contribution in [0.5, 0.6) is 0 Å². The molecule has 2 saturated heterocycles. The molecule has 24 heavy (non-hydrogen) atoms. The number of rotatable bonds is 4. The second-order valence-electron chi connectivity index (χ2n) is 6.27. The van der Waals surface area contributed by atoms with Crippen LogP contribution in [-0.2, 0) is 4.79 Å². The highest BCUT2D eigenvalue weighted by molar-refractivity contribution is 6.01. The average Bonchev–Trinajstić information content (AvgIpc) is 3.27. The number of benzene rings is 1. The molecular weight excluding hydrogens is 302 g/mol. The Morgan fingerprint density at radius 3 is 2.62 bits per heavy atom. The lowest BCUT2D eigenvalue weighted by atomic mass is 10.00. The Bertz CT molecular complexity index is 697. The molecule has 1 aromatic carbocycles. The van der Waals surface area contributed by atoms with Gasteiger partial charge in [-0.05, 0) is 36.2 Å². The number of aromatic nitrogens is 1. The molecule has 2 aliphatic heterocycles. The van der Waals surface area contributed by atoms with Gasteiger partial charge in [0.2, 0.25) is 5.91 Å². The van der Waals surface area contributed by atoms with E-state index in [-0.39, 0.29) is 11.9 Å². The van der Waals surface area contributed by atoms with Gasteiger partial charge < -0.3 is 10.2 Å². The first-order valence-electron chi connectivity index (χ1n) is 8.35. The molecule has 6 nitrogen and oxygen atoms in total. The Labute approximate surface area is 141 Å². The summed E-state index contributed by atoms with van der Waals surface area (Å²) < 4.78 is 0. The molecule has 4 rings (SSSR count). The van der Waals surface area contributed by atoms with Crippen molar-refractivity contribution in [3.8, 4) is 0 Å². The summed E-state index contributed by atoms with van der Waals surface area (Å²) in [5.41, 5.74) is 9.45. The van der Waals surface area contributed by atoms with E-state index in [0.29, 0.717) is 5.92 Å². The van der Waals surface area contributed by atoms with E-state index in [2.05, 4.69) is 45.4 Å². The highest BCUT2D eigenvalue weighted by Gasteiger charge is 2.32. The lowest BCUT2D eigenvalue weighted by Crippen LogP contribution is -2.33. The molecule has 0 radical (unpaired) electrons. The minimum atomic E-state index is -0.183. The van der Waals surface area contributed by atoms with Crippen molar-refractivity contribution in [1.29, 1.82) is 0 Å². The Balaban J connectivity index is 1.44. The van der Waals surface area contributed by atoms with Gasteiger partial charge in [-0.25, -0.2) is 0 Å². The number of hydrogen-bond acceptors (Lipinski definition) is 5. The van der Waals surface area contributed by atoms with E-state index in [9.17, 15) is 4.79 Å². The Hall–Kier alpha value is -2.44. The first-order valence-corrected chi connectivity index (χ1v) is 8.35. The largest absolute Gasteiger partial charge is 0.372 e. The smallest absolute Gasteiger partial charge is 0.249 e. The summed E-state index contributed by atoms with van der Waals surface area (Å²) in [4.78, 5) is 18.6. The summed E-state index contributed by atoms with van der Waals surface area (Å²) >= 11 is 0. The number of nitrogens with one attached hydrogen (secondary N) is 3. The molecule has 2 fully saturated rings. The maximum atomic E-state index is 12.7. The van der Waals surface area contributed by atoms with Crippen LogP contribution in [0.15, 0.2) is 48.8 Å². The van der Waals surface area contributed by atoms with Crippen molar-refractivity contribution >= 4 is 17.3 Å². The molecule has 6 heteroatoms. The summed E-state index contributed by atoms with van der Waals surface area (Å²) in [7, 11) is 0. The molecule has 2 aromatic rings. The third-order valence-electron chi connectivity index (χ3n) is 4.71. The first kappa shape index (κ1) is 15.1. The molecule has 1 aromatic heterocycles. The fourth-order valence-corrected chi connectivity index (χ4v) is 3.34. The molecule has 3 N–H and O–H groups in total. The average molecular weight is 323 g/mol. The van der Waals surface area contributed by atoms with Gasteiger partial charge in [0.1, 0.15) is 6.04 Å². The summed E-state index contributed by atoms with van der Waals surface area (Å²) in [5.74, 6) is 0.615. The van der Waals surface area contributed by atoms with Gasteiger partial charge in [0, 0.05) is 43.6 Å². The second kappa shape index (κ2) is 6.59. The second-order valence-corrected chi connectivity index (χ2v) is 6.27. The number of hydrogen-bond donors (Lipinski definition) is 3. The molecule has 124 valence electrons. The van der Waals surface area contributed by atoms with Crippen LogP contribution >= 0.6 is 0 Å². The minimum absolute atomic E-state index is 0.121. The topological polar surface area (TPSA) is 69.3 Å². The Kier molecular flexibility index (Phi) is 4.15. The van der Waals surface area contributed by atoms with Crippen molar-refractivity contribution in [3.05, 3.63) is 54.4 Å². The van der Waals surface area contributed by atoms with E-state index in [1.807, 2.05) is 17.0 Å². The number of pyridine rings is 1. The Morgan fingerprint density at radius 2 is 1.92 bits per heavy atom. The zero-order valence-electron chi connectivity index (χ0n) is 13.4. The van der Waals surface area contributed by atoms with Crippen LogP contribution in [0.1, 0.15) is 17.9 Å². The molecule has 0 spiro atoms. The number of nitrogens with zero attached hydrogens (tertiary/aromatic N) is 2. The molecule has 0 aliphatic carbocycles. The van der Waals surface area contributed by atoms with Gasteiger partial charge in [-0.3, -0.25) is 20.6 Å². The Morgan fingerprint density at radius 1 is 1.12 bits per heavy atom. The van der Waals surface area contributed by atoms with Crippen molar-refractivity contribution in [2.75, 3.05) is 29.9 Å². The number of amides is 1. The predicted octanol–water partition coefficient (Wildman–Crippen LogP) is 1.49. The third kappa shape index (κ3) is 2.98. The van der Waals surface area contributed by atoms with Crippen LogP contribution in [0.2, 0.25) is 0 Å². The fraction of sp³-hybridized carbons (Fsp3) is 0.333. The van der Waals surface area contributed by atoms with Crippen molar-refractivity contribution in [2.24, 2.45) is 0 Å². The maximum absolute atomic E-state index is 12.7. The minimum Gasteiger partial charge on any atom is -0.372 e. The summed E-state index contributed by atoms with van der Waals surface area (Å²) in [5, 5.41) is 3.28. The van der Waals surface area contributed by atoms with Gasteiger partial charge in [-0.1, -0.05) is 12.1 Å². The standard InChI is InChI=1S/C18H21N5O/c24-18-17(22-15-2-1-8-19-12-15)7-9-23(18)16-5-3-13(4-6-16)14-10-20-21-11-14/h1-6,8,12,14,17,20-22H,7,9-11H2. The van der Waals surface area contributed by atoms with Crippen molar-refractivity contribution in [1.82, 2.24) is 15.8 Å². The highest BCUT2D eigenvalue weighted by atomic mass is 16.2. The summed E-state index contributed by atoms with van der Waals surface area (Å²) in [6.07, 6.45) is 4.27. The van der Waals surface area contributed by atoms with E-state index < -0.39 is 0 Å². The fourth-order valence-electron chi connectivity index (χ4n) is 3.34. The molecule has 1 atom stereocenters. The van der Waals surface area contributed by atoms with Crippen molar-refractivity contribution in [3.63, 3.8) is 0 Å². The zero-order valence-corrected chi connectivity index (χ0v) is 13.4. The normalized spacial score (nSPS) is 21.4. The molecule has 1 amide bonds. The van der Waals surface area contributed by atoms with Gasteiger partial charge in [-0.2, -0.15) is 0 Å².